The molecule has 0 unspecified atom stereocenters. The fourth-order valence-electron chi connectivity index (χ4n) is 2.71. The number of carbonyl (C=O) groups excluding carboxylic acids is 1. The van der Waals surface area contributed by atoms with E-state index in [0.717, 1.165) is 23.4 Å². The maximum absolute atomic E-state index is 12.1. The van der Waals surface area contributed by atoms with E-state index in [2.05, 4.69) is 10.3 Å². The van der Waals surface area contributed by atoms with Gasteiger partial charge in [-0.05, 0) is 44.0 Å². The lowest BCUT2D eigenvalue weighted by Gasteiger charge is -2.08. The molecule has 1 aliphatic rings. The van der Waals surface area contributed by atoms with Crippen LogP contribution in [0.4, 0.5) is 0 Å². The molecule has 3 rings (SSSR count). The zero-order chi connectivity index (χ0) is 15.0. The quantitative estimate of drug-likeness (QED) is 0.902. The minimum absolute atomic E-state index is 0.0178. The lowest BCUT2D eigenvalue weighted by molar-refractivity contribution is -0.122. The Labute approximate surface area is 122 Å². The second-order valence-electron chi connectivity index (χ2n) is 5.62. The first-order valence-corrected chi connectivity index (χ1v) is 7.07. The molecule has 2 heterocycles. The number of hydrogen-bond donors (Lipinski definition) is 2. The minimum atomic E-state index is -0.133. The van der Waals surface area contributed by atoms with Gasteiger partial charge in [-0.1, -0.05) is 0 Å². The summed E-state index contributed by atoms with van der Waals surface area (Å²) in [5.41, 5.74) is 2.21. The van der Waals surface area contributed by atoms with Crippen LogP contribution < -0.4 is 10.9 Å². The van der Waals surface area contributed by atoms with Gasteiger partial charge in [-0.3, -0.25) is 9.59 Å². The Morgan fingerprint density at radius 3 is 2.95 bits per heavy atom. The Balaban J connectivity index is 1.62. The standard InChI is InChI=1S/C16H18N2O3/c1-9-6-10(2)18-16(20)13(9)8-17-15(19)12-7-11(12)14-4-3-5-21-14/h3-6,11-12H,7-8H2,1-2H3,(H,17,19)(H,18,20)/t11-,12+/m0/s1. The van der Waals surface area contributed by atoms with Gasteiger partial charge in [0, 0.05) is 29.6 Å². The summed E-state index contributed by atoms with van der Waals surface area (Å²) < 4.78 is 5.32. The smallest absolute Gasteiger partial charge is 0.253 e. The van der Waals surface area contributed by atoms with Crippen molar-refractivity contribution in [3.8, 4) is 0 Å². The molecule has 2 N–H and O–H groups in total. The van der Waals surface area contributed by atoms with Gasteiger partial charge in [0.1, 0.15) is 5.76 Å². The Morgan fingerprint density at radius 2 is 2.29 bits per heavy atom. The molecule has 1 amide bonds. The van der Waals surface area contributed by atoms with Gasteiger partial charge < -0.3 is 14.7 Å². The molecule has 2 atom stereocenters. The van der Waals surface area contributed by atoms with Crippen LogP contribution in [-0.4, -0.2) is 10.9 Å². The molecule has 0 aromatic carbocycles. The highest BCUT2D eigenvalue weighted by Gasteiger charge is 2.45. The molecule has 5 nitrogen and oxygen atoms in total. The SMILES string of the molecule is Cc1cc(C)c(CNC(=O)[C@@H]2C[C@@H]2c2ccco2)c(=O)[nH]1. The zero-order valence-electron chi connectivity index (χ0n) is 12.1. The summed E-state index contributed by atoms with van der Waals surface area (Å²) in [5.74, 6) is 0.980. The van der Waals surface area contributed by atoms with Crippen LogP contribution in [0.15, 0.2) is 33.7 Å². The third-order valence-electron chi connectivity index (χ3n) is 3.97. The second kappa shape index (κ2) is 5.24. The molecule has 1 saturated carbocycles. The maximum Gasteiger partial charge on any atom is 0.253 e. The number of amides is 1. The average Bonchev–Trinajstić information content (AvgIpc) is 3.03. The summed E-state index contributed by atoms with van der Waals surface area (Å²) in [6.45, 7) is 3.99. The summed E-state index contributed by atoms with van der Waals surface area (Å²) in [7, 11) is 0. The van der Waals surface area contributed by atoms with Crippen LogP contribution in [0, 0.1) is 19.8 Å². The first kappa shape index (κ1) is 13.7. The van der Waals surface area contributed by atoms with Crippen LogP contribution in [0.2, 0.25) is 0 Å². The first-order valence-electron chi connectivity index (χ1n) is 7.07. The van der Waals surface area contributed by atoms with Gasteiger partial charge in [-0.2, -0.15) is 0 Å². The number of carbonyl (C=O) groups is 1. The van der Waals surface area contributed by atoms with E-state index < -0.39 is 0 Å². The molecule has 0 spiro atoms. The Morgan fingerprint density at radius 1 is 1.48 bits per heavy atom. The van der Waals surface area contributed by atoms with E-state index >= 15 is 0 Å². The topological polar surface area (TPSA) is 75.1 Å². The van der Waals surface area contributed by atoms with Gasteiger partial charge in [0.05, 0.1) is 6.26 Å². The van der Waals surface area contributed by atoms with Crippen LogP contribution in [0.25, 0.3) is 0 Å². The molecule has 0 saturated heterocycles. The highest BCUT2D eigenvalue weighted by Crippen LogP contribution is 2.47. The maximum atomic E-state index is 12.1. The van der Waals surface area contributed by atoms with Crippen LogP contribution in [0.3, 0.4) is 0 Å². The average molecular weight is 286 g/mol. The van der Waals surface area contributed by atoms with Crippen LogP contribution in [-0.2, 0) is 11.3 Å². The highest BCUT2D eigenvalue weighted by molar-refractivity contribution is 5.82. The van der Waals surface area contributed by atoms with Gasteiger partial charge >= 0.3 is 0 Å². The monoisotopic (exact) mass is 286 g/mol. The van der Waals surface area contributed by atoms with Gasteiger partial charge in [0.25, 0.3) is 5.56 Å². The minimum Gasteiger partial charge on any atom is -0.469 e. The van der Waals surface area contributed by atoms with E-state index in [1.807, 2.05) is 32.0 Å². The summed E-state index contributed by atoms with van der Waals surface area (Å²) in [6, 6.07) is 5.64. The fourth-order valence-corrected chi connectivity index (χ4v) is 2.71. The Bertz CT molecular complexity index is 716. The van der Waals surface area contributed by atoms with Crippen molar-refractivity contribution < 1.29 is 9.21 Å². The van der Waals surface area contributed by atoms with Gasteiger partial charge in [-0.15, -0.1) is 0 Å². The number of aryl methyl sites for hydroxylation is 2. The largest absolute Gasteiger partial charge is 0.469 e. The first-order chi connectivity index (χ1) is 10.1. The second-order valence-corrected chi connectivity index (χ2v) is 5.62. The highest BCUT2D eigenvalue weighted by atomic mass is 16.3. The summed E-state index contributed by atoms with van der Waals surface area (Å²) in [4.78, 5) is 26.8. The molecule has 2 aromatic rings. The van der Waals surface area contributed by atoms with Crippen molar-refractivity contribution in [3.63, 3.8) is 0 Å². The zero-order valence-corrected chi connectivity index (χ0v) is 12.1. The van der Waals surface area contributed by atoms with Crippen molar-refractivity contribution in [3.05, 3.63) is 57.4 Å². The predicted octanol–water partition coefficient (Wildman–Crippen LogP) is 2.00. The Hall–Kier alpha value is -2.30. The van der Waals surface area contributed by atoms with Crippen LogP contribution >= 0.6 is 0 Å². The lowest BCUT2D eigenvalue weighted by atomic mass is 10.1. The van der Waals surface area contributed by atoms with E-state index in [-0.39, 0.29) is 29.8 Å². The number of pyridine rings is 1. The normalized spacial score (nSPS) is 20.3. The molecule has 5 heteroatoms. The number of hydrogen-bond acceptors (Lipinski definition) is 3. The molecule has 0 radical (unpaired) electrons. The molecule has 0 bridgehead atoms. The van der Waals surface area contributed by atoms with Crippen molar-refractivity contribution in [2.24, 2.45) is 5.92 Å². The van der Waals surface area contributed by atoms with Gasteiger partial charge in [0.15, 0.2) is 0 Å². The number of rotatable bonds is 4. The van der Waals surface area contributed by atoms with E-state index in [1.165, 1.54) is 0 Å². The predicted molar refractivity (Wildman–Crippen MR) is 77.9 cm³/mol. The number of aromatic nitrogens is 1. The molecule has 1 aliphatic carbocycles. The molecule has 0 aliphatic heterocycles. The molecule has 2 aromatic heterocycles. The van der Waals surface area contributed by atoms with E-state index in [4.69, 9.17) is 4.42 Å². The summed E-state index contributed by atoms with van der Waals surface area (Å²) >= 11 is 0. The molecule has 1 fully saturated rings. The molecule has 110 valence electrons. The molecule has 21 heavy (non-hydrogen) atoms. The van der Waals surface area contributed by atoms with Crippen molar-refractivity contribution in [1.29, 1.82) is 0 Å². The summed E-state index contributed by atoms with van der Waals surface area (Å²) in [6.07, 6.45) is 2.43. The van der Waals surface area contributed by atoms with Crippen LogP contribution in [0.5, 0.6) is 0 Å². The number of aromatic amines is 1. The number of nitrogens with one attached hydrogen (secondary N) is 2. The molecular weight excluding hydrogens is 268 g/mol. The van der Waals surface area contributed by atoms with Crippen LogP contribution in [0.1, 0.15) is 34.9 Å². The van der Waals surface area contributed by atoms with Crippen molar-refractivity contribution in [1.82, 2.24) is 10.3 Å². The number of H-pyrrole nitrogens is 1. The number of furan rings is 1. The third kappa shape index (κ3) is 2.77. The van der Waals surface area contributed by atoms with Gasteiger partial charge in [0.2, 0.25) is 5.91 Å². The molecular formula is C16H18N2O3. The van der Waals surface area contributed by atoms with E-state index in [0.29, 0.717) is 5.56 Å². The third-order valence-corrected chi connectivity index (χ3v) is 3.97. The Kier molecular flexibility index (Phi) is 3.41. The fraction of sp³-hybridized carbons (Fsp3) is 0.375. The lowest BCUT2D eigenvalue weighted by Crippen LogP contribution is -2.29. The van der Waals surface area contributed by atoms with E-state index in [9.17, 15) is 9.59 Å². The van der Waals surface area contributed by atoms with Crippen molar-refractivity contribution in [2.45, 2.75) is 32.7 Å². The van der Waals surface area contributed by atoms with Crippen molar-refractivity contribution >= 4 is 5.91 Å². The van der Waals surface area contributed by atoms with Gasteiger partial charge in [-0.25, -0.2) is 0 Å². The van der Waals surface area contributed by atoms with Crippen molar-refractivity contribution in [2.75, 3.05) is 0 Å². The van der Waals surface area contributed by atoms with E-state index in [1.54, 1.807) is 6.26 Å². The summed E-state index contributed by atoms with van der Waals surface area (Å²) in [5, 5.41) is 2.85.